The van der Waals surface area contributed by atoms with E-state index in [0.29, 0.717) is 21.9 Å². The molecule has 0 aliphatic carbocycles. The van der Waals surface area contributed by atoms with Crippen LogP contribution in [0.2, 0.25) is 0 Å². The van der Waals surface area contributed by atoms with Crippen molar-refractivity contribution in [2.45, 2.75) is 18.6 Å². The molecule has 8 heteroatoms. The van der Waals surface area contributed by atoms with Gasteiger partial charge in [-0.15, -0.1) is 11.3 Å². The van der Waals surface area contributed by atoms with E-state index in [1.165, 1.54) is 33.2 Å². The first kappa shape index (κ1) is 22.1. The zero-order valence-electron chi connectivity index (χ0n) is 18.0. The summed E-state index contributed by atoms with van der Waals surface area (Å²) in [5.41, 5.74) is 4.61. The molecule has 0 aliphatic rings. The van der Waals surface area contributed by atoms with Gasteiger partial charge in [-0.25, -0.2) is 4.98 Å². The number of aromatic nitrogens is 2. The van der Waals surface area contributed by atoms with Crippen LogP contribution in [0.15, 0.2) is 63.9 Å². The minimum absolute atomic E-state index is 0.102. The van der Waals surface area contributed by atoms with Gasteiger partial charge in [0.25, 0.3) is 5.56 Å². The Balaban J connectivity index is 1.52. The van der Waals surface area contributed by atoms with Crippen LogP contribution >= 0.6 is 23.1 Å². The molecule has 1 N–H and O–H groups in total. The molecule has 0 saturated carbocycles. The van der Waals surface area contributed by atoms with Crippen LogP contribution < -0.4 is 15.6 Å². The molecule has 4 aromatic rings. The zero-order chi connectivity index (χ0) is 22.7. The number of hydrogen-bond acceptors (Lipinski definition) is 6. The topological polar surface area (TPSA) is 73.2 Å². The van der Waals surface area contributed by atoms with Crippen molar-refractivity contribution in [1.82, 2.24) is 14.9 Å². The highest BCUT2D eigenvalue weighted by Crippen LogP contribution is 2.32. The molecule has 2 aromatic heterocycles. The predicted octanol–water partition coefficient (Wildman–Crippen LogP) is 4.39. The van der Waals surface area contributed by atoms with Gasteiger partial charge in [0.1, 0.15) is 10.4 Å². The van der Waals surface area contributed by atoms with Crippen LogP contribution in [0.3, 0.4) is 0 Å². The highest BCUT2D eigenvalue weighted by atomic mass is 32.2. The molecule has 0 aliphatic heterocycles. The van der Waals surface area contributed by atoms with Crippen LogP contribution in [0.5, 0.6) is 5.75 Å². The molecule has 2 heterocycles. The molecule has 0 radical (unpaired) electrons. The third-order valence-corrected chi connectivity index (χ3v) is 7.11. The molecular weight excluding hydrogens is 442 g/mol. The number of carbonyl (C=O) groups excluding carboxylic acids is 1. The van der Waals surface area contributed by atoms with E-state index in [0.717, 1.165) is 22.4 Å². The first-order valence-corrected chi connectivity index (χ1v) is 11.9. The average molecular weight is 466 g/mol. The highest BCUT2D eigenvalue weighted by molar-refractivity contribution is 7.99. The standard InChI is InChI=1S/C24H23N3O3S2/c1-15-8-10-16(11-9-15)18-13-31-22-21(18)26-24(27(2)23(22)29)32-14-20(28)25-12-17-6-4-5-7-19(17)30-3/h4-11,13H,12,14H2,1-3H3,(H,25,28). The van der Waals surface area contributed by atoms with Crippen molar-refractivity contribution in [3.8, 4) is 16.9 Å². The molecule has 6 nitrogen and oxygen atoms in total. The van der Waals surface area contributed by atoms with Gasteiger partial charge in [0.15, 0.2) is 5.16 Å². The second-order valence-corrected chi connectivity index (χ2v) is 9.15. The third-order valence-electron chi connectivity index (χ3n) is 5.12. The Morgan fingerprint density at radius 1 is 1.19 bits per heavy atom. The van der Waals surface area contributed by atoms with E-state index in [2.05, 4.69) is 5.32 Å². The average Bonchev–Trinajstić information content (AvgIpc) is 3.23. The number of hydrogen-bond donors (Lipinski definition) is 1. The molecule has 1 amide bonds. The molecule has 0 saturated heterocycles. The molecule has 164 valence electrons. The largest absolute Gasteiger partial charge is 0.496 e. The van der Waals surface area contributed by atoms with Gasteiger partial charge in [-0.2, -0.15) is 0 Å². The Morgan fingerprint density at radius 2 is 1.94 bits per heavy atom. The molecule has 4 rings (SSSR count). The van der Waals surface area contributed by atoms with Gasteiger partial charge in [-0.05, 0) is 18.6 Å². The van der Waals surface area contributed by atoms with Gasteiger partial charge in [0, 0.05) is 30.1 Å². The van der Waals surface area contributed by atoms with Crippen LogP contribution in [0.25, 0.3) is 21.3 Å². The van der Waals surface area contributed by atoms with Gasteiger partial charge < -0.3 is 10.1 Å². The number of methoxy groups -OCH3 is 1. The summed E-state index contributed by atoms with van der Waals surface area (Å²) in [6, 6.07) is 15.7. The summed E-state index contributed by atoms with van der Waals surface area (Å²) in [4.78, 5) is 30.1. The number of fused-ring (bicyclic) bond motifs is 1. The first-order valence-electron chi connectivity index (χ1n) is 10.0. The number of nitrogens with zero attached hydrogens (tertiary/aromatic N) is 2. The summed E-state index contributed by atoms with van der Waals surface area (Å²) < 4.78 is 7.45. The maximum atomic E-state index is 12.9. The number of aryl methyl sites for hydroxylation is 1. The van der Waals surface area contributed by atoms with Crippen molar-refractivity contribution in [2.24, 2.45) is 7.05 Å². The number of ether oxygens (including phenoxy) is 1. The second-order valence-electron chi connectivity index (χ2n) is 7.33. The van der Waals surface area contributed by atoms with Gasteiger partial charge >= 0.3 is 0 Å². The van der Waals surface area contributed by atoms with Gasteiger partial charge in [0.05, 0.1) is 18.4 Å². The van der Waals surface area contributed by atoms with Crippen molar-refractivity contribution >= 4 is 39.2 Å². The lowest BCUT2D eigenvalue weighted by Gasteiger charge is -2.10. The lowest BCUT2D eigenvalue weighted by molar-refractivity contribution is -0.118. The van der Waals surface area contributed by atoms with E-state index in [9.17, 15) is 9.59 Å². The second kappa shape index (κ2) is 9.58. The fourth-order valence-corrected chi connectivity index (χ4v) is 5.10. The maximum absolute atomic E-state index is 12.9. The predicted molar refractivity (Wildman–Crippen MR) is 131 cm³/mol. The van der Waals surface area contributed by atoms with Gasteiger partial charge in [0.2, 0.25) is 5.91 Å². The Hall–Kier alpha value is -3.10. The van der Waals surface area contributed by atoms with E-state index < -0.39 is 0 Å². The third kappa shape index (κ3) is 4.56. The number of amides is 1. The minimum atomic E-state index is -0.140. The fourth-order valence-electron chi connectivity index (χ4n) is 3.32. The first-order chi connectivity index (χ1) is 15.5. The lowest BCUT2D eigenvalue weighted by Crippen LogP contribution is -2.26. The van der Waals surface area contributed by atoms with E-state index >= 15 is 0 Å². The summed E-state index contributed by atoms with van der Waals surface area (Å²) in [5, 5.41) is 5.39. The van der Waals surface area contributed by atoms with E-state index in [4.69, 9.17) is 9.72 Å². The van der Waals surface area contributed by atoms with Crippen LogP contribution in [-0.2, 0) is 18.4 Å². The summed E-state index contributed by atoms with van der Waals surface area (Å²) >= 11 is 2.65. The minimum Gasteiger partial charge on any atom is -0.496 e. The Labute approximate surface area is 194 Å². The summed E-state index contributed by atoms with van der Waals surface area (Å²) in [5.74, 6) is 0.751. The number of carbonyl (C=O) groups is 1. The summed E-state index contributed by atoms with van der Waals surface area (Å²) in [6.07, 6.45) is 0. The number of nitrogens with one attached hydrogen (secondary N) is 1. The Bertz CT molecular complexity index is 1330. The van der Waals surface area contributed by atoms with Crippen LogP contribution in [-0.4, -0.2) is 28.3 Å². The smallest absolute Gasteiger partial charge is 0.271 e. The van der Waals surface area contributed by atoms with Gasteiger partial charge in [-0.3, -0.25) is 14.2 Å². The van der Waals surface area contributed by atoms with E-state index in [-0.39, 0.29) is 17.2 Å². The normalized spacial score (nSPS) is 11.0. The van der Waals surface area contributed by atoms with E-state index in [1.807, 2.05) is 60.8 Å². The number of rotatable bonds is 7. The molecule has 0 atom stereocenters. The maximum Gasteiger partial charge on any atom is 0.271 e. The van der Waals surface area contributed by atoms with Crippen LogP contribution in [0.4, 0.5) is 0 Å². The SMILES string of the molecule is COc1ccccc1CNC(=O)CSc1nc2c(-c3ccc(C)cc3)csc2c(=O)n1C. The van der Waals surface area contributed by atoms with Crippen LogP contribution in [0.1, 0.15) is 11.1 Å². The van der Waals surface area contributed by atoms with Crippen molar-refractivity contribution in [3.63, 3.8) is 0 Å². The van der Waals surface area contributed by atoms with Crippen molar-refractivity contribution < 1.29 is 9.53 Å². The molecule has 0 unspecified atom stereocenters. The van der Waals surface area contributed by atoms with Crippen molar-refractivity contribution in [3.05, 3.63) is 75.4 Å². The Morgan fingerprint density at radius 3 is 2.69 bits per heavy atom. The highest BCUT2D eigenvalue weighted by Gasteiger charge is 2.16. The zero-order valence-corrected chi connectivity index (χ0v) is 19.7. The summed E-state index contributed by atoms with van der Waals surface area (Å²) in [7, 11) is 3.29. The molecule has 32 heavy (non-hydrogen) atoms. The summed E-state index contributed by atoms with van der Waals surface area (Å²) in [6.45, 7) is 2.41. The van der Waals surface area contributed by atoms with Crippen LogP contribution in [0, 0.1) is 6.92 Å². The monoisotopic (exact) mass is 465 g/mol. The van der Waals surface area contributed by atoms with E-state index in [1.54, 1.807) is 14.2 Å². The molecular formula is C24H23N3O3S2. The number of para-hydroxylation sites is 1. The quantitative estimate of drug-likeness (QED) is 0.324. The molecule has 0 spiro atoms. The van der Waals surface area contributed by atoms with Crippen molar-refractivity contribution in [2.75, 3.05) is 12.9 Å². The number of benzene rings is 2. The molecule has 2 aromatic carbocycles. The van der Waals surface area contributed by atoms with Gasteiger partial charge in [-0.1, -0.05) is 59.8 Å². The Kier molecular flexibility index (Phi) is 6.62. The molecule has 0 bridgehead atoms. The fraction of sp³-hybridized carbons (Fsp3) is 0.208. The number of thioether (sulfide) groups is 1. The molecule has 0 fully saturated rings. The van der Waals surface area contributed by atoms with Crippen molar-refractivity contribution in [1.29, 1.82) is 0 Å². The lowest BCUT2D eigenvalue weighted by atomic mass is 10.1. The number of thiophene rings is 1.